The van der Waals surface area contributed by atoms with Gasteiger partial charge in [0.25, 0.3) is 0 Å². The van der Waals surface area contributed by atoms with Crippen LogP contribution < -0.4 is 11.1 Å². The molecular weight excluding hydrogens is 420 g/mol. The van der Waals surface area contributed by atoms with Crippen molar-refractivity contribution < 1.29 is 28.6 Å². The van der Waals surface area contributed by atoms with Gasteiger partial charge in [-0.25, -0.2) is 14.4 Å². The van der Waals surface area contributed by atoms with Crippen LogP contribution in [-0.2, 0) is 34.9 Å². The first kappa shape index (κ1) is 23.9. The molecule has 0 fully saturated rings. The van der Waals surface area contributed by atoms with E-state index in [2.05, 4.69) is 25.0 Å². The predicted molar refractivity (Wildman–Crippen MR) is 114 cm³/mol. The van der Waals surface area contributed by atoms with Crippen LogP contribution in [0.2, 0.25) is 0 Å². The van der Waals surface area contributed by atoms with Crippen molar-refractivity contribution in [1.82, 2.24) is 19.6 Å². The van der Waals surface area contributed by atoms with E-state index < -0.39 is 18.0 Å². The van der Waals surface area contributed by atoms with Gasteiger partial charge in [0.2, 0.25) is 0 Å². The summed E-state index contributed by atoms with van der Waals surface area (Å²) in [6, 6.07) is 12.2. The maximum absolute atomic E-state index is 11.7. The molecule has 0 aliphatic heterocycles. The molecule has 0 saturated heterocycles. The third-order valence-corrected chi connectivity index (χ3v) is 4.03. The molecule has 0 unspecified atom stereocenters. The van der Waals surface area contributed by atoms with Crippen LogP contribution >= 0.6 is 0 Å². The fourth-order valence-electron chi connectivity index (χ4n) is 2.34. The van der Waals surface area contributed by atoms with E-state index in [1.165, 1.54) is 35.7 Å². The minimum Gasteiger partial charge on any atom is -0.464 e. The van der Waals surface area contributed by atoms with E-state index in [-0.39, 0.29) is 18.0 Å². The first-order valence-corrected chi connectivity index (χ1v) is 9.23. The Labute approximate surface area is 183 Å². The molecule has 3 rings (SSSR count). The number of hydrogen-bond donors (Lipinski definition) is 2. The van der Waals surface area contributed by atoms with Crippen molar-refractivity contribution in [3.05, 3.63) is 59.4 Å². The van der Waals surface area contributed by atoms with Gasteiger partial charge in [-0.15, -0.1) is 0 Å². The molecule has 170 valence electrons. The molecule has 12 heteroatoms. The normalized spacial score (nSPS) is 9.88. The van der Waals surface area contributed by atoms with Crippen molar-refractivity contribution in [2.75, 3.05) is 25.3 Å². The predicted octanol–water partition coefficient (Wildman–Crippen LogP) is 1.74. The fraction of sp³-hybridized carbons (Fsp3) is 0.250. The molecule has 0 atom stereocenters. The van der Waals surface area contributed by atoms with Crippen LogP contribution in [0.1, 0.15) is 26.5 Å². The maximum atomic E-state index is 11.7. The third kappa shape index (κ3) is 6.58. The Morgan fingerprint density at radius 2 is 1.50 bits per heavy atom. The second-order valence-electron chi connectivity index (χ2n) is 6.29. The van der Waals surface area contributed by atoms with Gasteiger partial charge in [-0.1, -0.05) is 30.3 Å². The number of nitrogen functional groups attached to an aromatic ring is 1. The summed E-state index contributed by atoms with van der Waals surface area (Å²) in [7, 11) is 5.81. The number of benzene rings is 1. The summed E-state index contributed by atoms with van der Waals surface area (Å²) in [5.41, 5.74) is 6.65. The quantitative estimate of drug-likeness (QED) is 0.442. The molecule has 0 radical (unpaired) electrons. The van der Waals surface area contributed by atoms with Crippen LogP contribution in [0.4, 0.5) is 16.4 Å². The largest absolute Gasteiger partial charge is 0.464 e. The van der Waals surface area contributed by atoms with Crippen molar-refractivity contribution in [1.29, 1.82) is 0 Å². The Kier molecular flexibility index (Phi) is 8.34. The number of nitrogens with zero attached hydrogens (tertiary/aromatic N) is 4. The Morgan fingerprint density at radius 1 is 0.938 bits per heavy atom. The Hall–Kier alpha value is -4.35. The molecule has 12 nitrogen and oxygen atoms in total. The number of carbonyl (C=O) groups is 3. The third-order valence-electron chi connectivity index (χ3n) is 4.03. The Morgan fingerprint density at radius 3 is 2.03 bits per heavy atom. The van der Waals surface area contributed by atoms with E-state index in [1.807, 2.05) is 30.3 Å². The lowest BCUT2D eigenvalue weighted by atomic mass is 10.2. The summed E-state index contributed by atoms with van der Waals surface area (Å²) in [5.74, 6) is -0.271. The lowest BCUT2D eigenvalue weighted by molar-refractivity contribution is 0.0584. The summed E-state index contributed by atoms with van der Waals surface area (Å²) >= 11 is 0. The number of amides is 1. The molecule has 0 spiro atoms. The first-order chi connectivity index (χ1) is 15.2. The zero-order chi connectivity index (χ0) is 23.7. The van der Waals surface area contributed by atoms with E-state index in [0.717, 1.165) is 5.56 Å². The molecule has 32 heavy (non-hydrogen) atoms. The standard InChI is InChI=1S/C14H15N3O4.C6H9N3O2/c1-17-12(8-11(16-17)13(18)20-2)15-14(19)21-9-10-6-4-3-5-7-10;1-9-5(7)3-4(8-9)6(10)11-2/h3-8H,9H2,1-2H3,(H,15,19);3H,7H2,1-2H3. The van der Waals surface area contributed by atoms with Gasteiger partial charge in [0, 0.05) is 26.2 Å². The van der Waals surface area contributed by atoms with Gasteiger partial charge < -0.3 is 19.9 Å². The summed E-state index contributed by atoms with van der Waals surface area (Å²) in [6.45, 7) is 0.161. The summed E-state index contributed by atoms with van der Waals surface area (Å²) in [6.07, 6.45) is -0.627. The lowest BCUT2D eigenvalue weighted by Gasteiger charge is -2.06. The number of anilines is 2. The van der Waals surface area contributed by atoms with Crippen LogP contribution in [0, 0.1) is 0 Å². The van der Waals surface area contributed by atoms with E-state index in [1.54, 1.807) is 14.1 Å². The fourth-order valence-corrected chi connectivity index (χ4v) is 2.34. The highest BCUT2D eigenvalue weighted by atomic mass is 16.5. The summed E-state index contributed by atoms with van der Waals surface area (Å²) in [4.78, 5) is 33.9. The van der Waals surface area contributed by atoms with Gasteiger partial charge in [-0.2, -0.15) is 10.2 Å². The van der Waals surface area contributed by atoms with Gasteiger partial charge in [0.1, 0.15) is 18.2 Å². The SMILES string of the molecule is COC(=O)c1cc(N)n(C)n1.COC(=O)c1cc(NC(=O)OCc2ccccc2)n(C)n1. The summed E-state index contributed by atoms with van der Waals surface area (Å²) < 4.78 is 16.8. The van der Waals surface area contributed by atoms with E-state index in [4.69, 9.17) is 10.5 Å². The van der Waals surface area contributed by atoms with Gasteiger partial charge in [0.15, 0.2) is 11.4 Å². The number of nitrogens with one attached hydrogen (secondary N) is 1. The average Bonchev–Trinajstić information content (AvgIpc) is 3.33. The van der Waals surface area contributed by atoms with Gasteiger partial charge in [0.05, 0.1) is 14.2 Å². The lowest BCUT2D eigenvalue weighted by Crippen LogP contribution is -2.15. The van der Waals surface area contributed by atoms with Crippen LogP contribution in [0.15, 0.2) is 42.5 Å². The van der Waals surface area contributed by atoms with Crippen molar-refractivity contribution in [3.63, 3.8) is 0 Å². The average molecular weight is 444 g/mol. The zero-order valence-corrected chi connectivity index (χ0v) is 18.1. The molecule has 3 N–H and O–H groups in total. The van der Waals surface area contributed by atoms with Crippen molar-refractivity contribution in [2.45, 2.75) is 6.61 Å². The number of esters is 2. The van der Waals surface area contributed by atoms with E-state index in [0.29, 0.717) is 11.6 Å². The topological polar surface area (TPSA) is 153 Å². The highest BCUT2D eigenvalue weighted by Crippen LogP contribution is 2.11. The number of rotatable bonds is 5. The monoisotopic (exact) mass is 444 g/mol. The Bertz CT molecular complexity index is 1060. The minimum absolute atomic E-state index is 0.110. The van der Waals surface area contributed by atoms with Crippen LogP contribution in [0.3, 0.4) is 0 Å². The Balaban J connectivity index is 0.000000278. The zero-order valence-electron chi connectivity index (χ0n) is 18.1. The number of methoxy groups -OCH3 is 2. The second-order valence-corrected chi connectivity index (χ2v) is 6.29. The minimum atomic E-state index is -0.627. The van der Waals surface area contributed by atoms with E-state index in [9.17, 15) is 14.4 Å². The van der Waals surface area contributed by atoms with Crippen LogP contribution in [0.5, 0.6) is 0 Å². The molecule has 2 heterocycles. The van der Waals surface area contributed by atoms with Crippen LogP contribution in [-0.4, -0.2) is 51.8 Å². The number of carbonyl (C=O) groups excluding carboxylic acids is 3. The van der Waals surface area contributed by atoms with Crippen molar-refractivity contribution in [3.8, 4) is 0 Å². The number of aryl methyl sites for hydroxylation is 2. The molecule has 1 amide bonds. The number of aromatic nitrogens is 4. The van der Waals surface area contributed by atoms with Crippen molar-refractivity contribution >= 4 is 29.7 Å². The molecule has 2 aromatic heterocycles. The van der Waals surface area contributed by atoms with Gasteiger partial charge >= 0.3 is 18.0 Å². The summed E-state index contributed by atoms with van der Waals surface area (Å²) in [5, 5.41) is 10.2. The molecule has 0 aliphatic carbocycles. The first-order valence-electron chi connectivity index (χ1n) is 9.23. The van der Waals surface area contributed by atoms with Crippen molar-refractivity contribution in [2.24, 2.45) is 14.1 Å². The molecular formula is C20H24N6O6. The maximum Gasteiger partial charge on any atom is 0.413 e. The van der Waals surface area contributed by atoms with Crippen LogP contribution in [0.25, 0.3) is 0 Å². The number of hydrogen-bond acceptors (Lipinski definition) is 9. The number of ether oxygens (including phenoxy) is 3. The van der Waals surface area contributed by atoms with Gasteiger partial charge in [-0.05, 0) is 5.56 Å². The number of nitrogens with two attached hydrogens (primary N) is 1. The van der Waals surface area contributed by atoms with Gasteiger partial charge in [-0.3, -0.25) is 14.7 Å². The second kappa shape index (κ2) is 11.2. The molecule has 0 saturated carbocycles. The molecule has 0 aliphatic rings. The molecule has 0 bridgehead atoms. The molecule has 1 aromatic carbocycles. The van der Waals surface area contributed by atoms with E-state index >= 15 is 0 Å². The molecule has 3 aromatic rings. The smallest absolute Gasteiger partial charge is 0.413 e. The highest BCUT2D eigenvalue weighted by molar-refractivity contribution is 5.90. The highest BCUT2D eigenvalue weighted by Gasteiger charge is 2.15.